The third-order valence-electron chi connectivity index (χ3n) is 11.9. The molecule has 15 nitrogen and oxygen atoms in total. The normalized spacial score (nSPS) is 22.8. The van der Waals surface area contributed by atoms with Crippen LogP contribution in [0.2, 0.25) is 0 Å². The van der Waals surface area contributed by atoms with E-state index in [1.54, 1.807) is 54.4 Å². The Morgan fingerprint density at radius 1 is 1.09 bits per heavy atom. The lowest BCUT2D eigenvalue weighted by molar-refractivity contribution is -0.135. The van der Waals surface area contributed by atoms with Gasteiger partial charge >= 0.3 is 5.69 Å². The van der Waals surface area contributed by atoms with Gasteiger partial charge in [0.25, 0.3) is 18.3 Å². The molecule has 3 aliphatic rings. The van der Waals surface area contributed by atoms with E-state index in [4.69, 9.17) is 0 Å². The first-order valence-electron chi connectivity index (χ1n) is 19.1. The van der Waals surface area contributed by atoms with Crippen LogP contribution in [0.5, 0.6) is 0 Å². The van der Waals surface area contributed by atoms with Gasteiger partial charge in [-0.2, -0.15) is 10.2 Å². The number of carbonyl (C=O) groups excluding carboxylic acids is 3. The van der Waals surface area contributed by atoms with Crippen molar-refractivity contribution in [1.29, 1.82) is 0 Å². The maximum atomic E-state index is 16.0. The molecule has 5 aromatic rings. The molecule has 2 saturated heterocycles. The highest BCUT2D eigenvalue weighted by Gasteiger charge is 2.47. The monoisotopic (exact) mass is 793 g/mol. The topological polar surface area (TPSA) is 157 Å². The number of para-hydroxylation sites is 1. The quantitative estimate of drug-likeness (QED) is 0.151. The highest BCUT2D eigenvalue weighted by molar-refractivity contribution is 6.08. The number of aryl methyl sites for hydroxylation is 1. The number of fused-ring (bicyclic) bond motifs is 2. The summed E-state index contributed by atoms with van der Waals surface area (Å²) < 4.78 is 65.7. The average molecular weight is 794 g/mol. The van der Waals surface area contributed by atoms with E-state index in [1.165, 1.54) is 36.9 Å². The van der Waals surface area contributed by atoms with Crippen molar-refractivity contribution in [3.63, 3.8) is 0 Å². The molecule has 0 radical (unpaired) electrons. The molecule has 4 aromatic heterocycles. The van der Waals surface area contributed by atoms with Gasteiger partial charge in [-0.1, -0.05) is 6.07 Å². The van der Waals surface area contributed by atoms with Gasteiger partial charge < -0.3 is 10.2 Å². The van der Waals surface area contributed by atoms with Gasteiger partial charge in [-0.15, -0.1) is 0 Å². The third kappa shape index (κ3) is 7.16. The molecule has 57 heavy (non-hydrogen) atoms. The Kier molecular flexibility index (Phi) is 10.1. The van der Waals surface area contributed by atoms with Crippen LogP contribution in [0.25, 0.3) is 16.7 Å². The number of hydrogen-bond donors (Lipinski definition) is 2. The summed E-state index contributed by atoms with van der Waals surface area (Å²) in [5, 5.41) is 13.1. The Morgan fingerprint density at radius 3 is 2.61 bits per heavy atom. The summed E-state index contributed by atoms with van der Waals surface area (Å²) in [5.41, 5.74) is 0.752. The van der Waals surface area contributed by atoms with Crippen LogP contribution in [-0.2, 0) is 16.6 Å². The summed E-state index contributed by atoms with van der Waals surface area (Å²) >= 11 is 0. The van der Waals surface area contributed by atoms with E-state index in [0.717, 1.165) is 12.8 Å². The number of anilines is 2. The standard InChI is InChI=1S/C38H43F4N11O4/c1-48(29-14-18-50(21-38(29,41)42)26-5-3-6-27-32(26)49(2)37(57)53(27)28-11-12-30(54)46-36(28)56)17-13-22-7-9-23(10-8-22)52-20-25(31(47-52)33(39)40)45-35(55)24-19-44-51-16-4-15-43-34(24)51/h3-6,15-16,19-20,22-23,28-29,33H,7-14,17-18,21H2,1-2H3,(H,45,55)(H,46,54,56). The molecule has 19 heteroatoms. The number of halogens is 4. The molecule has 8 rings (SSSR count). The Morgan fingerprint density at radius 2 is 1.88 bits per heavy atom. The van der Waals surface area contributed by atoms with Crippen LogP contribution in [-0.4, -0.2) is 94.8 Å². The van der Waals surface area contributed by atoms with Gasteiger partial charge in [0, 0.05) is 38.6 Å². The van der Waals surface area contributed by atoms with Crippen LogP contribution in [0, 0.1) is 5.92 Å². The van der Waals surface area contributed by atoms with Crippen LogP contribution < -0.4 is 21.2 Å². The summed E-state index contributed by atoms with van der Waals surface area (Å²) in [6, 6.07) is 4.71. The summed E-state index contributed by atoms with van der Waals surface area (Å²) in [4.78, 5) is 58.3. The van der Waals surface area contributed by atoms with Gasteiger partial charge in [-0.25, -0.2) is 31.9 Å². The first-order valence-corrected chi connectivity index (χ1v) is 19.1. The van der Waals surface area contributed by atoms with Crippen LogP contribution >= 0.6 is 0 Å². The summed E-state index contributed by atoms with van der Waals surface area (Å²) in [7, 11) is 3.28. The second-order valence-electron chi connectivity index (χ2n) is 15.4. The Hall–Kier alpha value is -5.59. The van der Waals surface area contributed by atoms with Gasteiger partial charge in [0.2, 0.25) is 11.8 Å². The number of nitrogens with one attached hydrogen (secondary N) is 2. The fraction of sp³-hybridized carbons (Fsp3) is 0.500. The fourth-order valence-corrected chi connectivity index (χ4v) is 8.85. The van der Waals surface area contributed by atoms with Crippen LogP contribution in [0.4, 0.5) is 28.9 Å². The zero-order chi connectivity index (χ0) is 40.2. The first kappa shape index (κ1) is 38.3. The number of hydrogen-bond acceptors (Lipinski definition) is 9. The van der Waals surface area contributed by atoms with Crippen molar-refractivity contribution in [2.45, 2.75) is 81.8 Å². The molecule has 0 spiro atoms. The lowest BCUT2D eigenvalue weighted by Gasteiger charge is -2.43. The van der Waals surface area contributed by atoms with Crippen LogP contribution in [0.1, 0.15) is 85.9 Å². The minimum atomic E-state index is -3.07. The average Bonchev–Trinajstić information content (AvgIpc) is 3.88. The predicted octanol–water partition coefficient (Wildman–Crippen LogP) is 4.71. The largest absolute Gasteiger partial charge is 0.364 e. The van der Waals surface area contributed by atoms with Crippen molar-refractivity contribution in [2.24, 2.45) is 13.0 Å². The fourth-order valence-electron chi connectivity index (χ4n) is 8.85. The lowest BCUT2D eigenvalue weighted by Crippen LogP contribution is -2.58. The zero-order valence-electron chi connectivity index (χ0n) is 31.5. The molecule has 3 amide bonds. The van der Waals surface area contributed by atoms with Crippen molar-refractivity contribution in [3.8, 4) is 0 Å². The number of piperidine rings is 2. The smallest absolute Gasteiger partial charge is 0.329 e. The van der Waals surface area contributed by atoms with E-state index in [0.29, 0.717) is 54.7 Å². The molecule has 2 atom stereocenters. The number of aromatic nitrogens is 7. The van der Waals surface area contributed by atoms with Crippen molar-refractivity contribution >= 4 is 45.8 Å². The molecule has 6 heterocycles. The van der Waals surface area contributed by atoms with E-state index in [2.05, 4.69) is 25.8 Å². The molecule has 1 saturated carbocycles. The maximum Gasteiger partial charge on any atom is 0.329 e. The highest BCUT2D eigenvalue weighted by atomic mass is 19.3. The predicted molar refractivity (Wildman–Crippen MR) is 201 cm³/mol. The molecule has 2 N–H and O–H groups in total. The second kappa shape index (κ2) is 15.1. The van der Waals surface area contributed by atoms with E-state index in [-0.39, 0.29) is 42.5 Å². The van der Waals surface area contributed by atoms with Crippen molar-refractivity contribution < 1.29 is 31.9 Å². The van der Waals surface area contributed by atoms with Crippen LogP contribution in [0.15, 0.2) is 53.8 Å². The molecule has 1 aromatic carbocycles. The molecule has 2 unspecified atom stereocenters. The number of alkyl halides is 4. The summed E-state index contributed by atoms with van der Waals surface area (Å²) in [5.74, 6) is -4.40. The van der Waals surface area contributed by atoms with Crippen molar-refractivity contribution in [2.75, 3.05) is 36.9 Å². The number of imidazole rings is 1. The van der Waals surface area contributed by atoms with E-state index in [9.17, 15) is 28.0 Å². The molecule has 0 bridgehead atoms. The zero-order valence-corrected chi connectivity index (χ0v) is 31.5. The van der Waals surface area contributed by atoms with Crippen molar-refractivity contribution in [3.05, 3.63) is 70.8 Å². The minimum Gasteiger partial charge on any atom is -0.364 e. The molecule has 302 valence electrons. The number of rotatable bonds is 10. The highest BCUT2D eigenvalue weighted by Crippen LogP contribution is 2.39. The molecular weight excluding hydrogens is 750 g/mol. The Balaban J connectivity index is 0.872. The number of amides is 3. The number of imide groups is 1. The van der Waals surface area contributed by atoms with Gasteiger partial charge in [0.1, 0.15) is 11.6 Å². The third-order valence-corrected chi connectivity index (χ3v) is 11.9. The van der Waals surface area contributed by atoms with Crippen LogP contribution in [0.3, 0.4) is 0 Å². The number of nitrogens with zero attached hydrogens (tertiary/aromatic N) is 9. The Bertz CT molecular complexity index is 2400. The van der Waals surface area contributed by atoms with E-state index >= 15 is 8.78 Å². The van der Waals surface area contributed by atoms with Gasteiger partial charge in [0.15, 0.2) is 11.3 Å². The summed E-state index contributed by atoms with van der Waals surface area (Å²) in [6.45, 7) is 0.239. The van der Waals surface area contributed by atoms with Gasteiger partial charge in [-0.3, -0.25) is 38.4 Å². The molecule has 1 aliphatic carbocycles. The summed E-state index contributed by atoms with van der Waals surface area (Å²) in [6.07, 6.45) is 7.02. The molecular formula is C38H43F4N11O4. The first-order chi connectivity index (χ1) is 27.3. The molecule has 2 aliphatic heterocycles. The Labute approximate surface area is 323 Å². The maximum absolute atomic E-state index is 16.0. The molecule has 3 fully saturated rings. The van der Waals surface area contributed by atoms with E-state index < -0.39 is 60.1 Å². The van der Waals surface area contributed by atoms with Crippen molar-refractivity contribution in [1.82, 2.24) is 43.7 Å². The van der Waals surface area contributed by atoms with Gasteiger partial charge in [-0.05, 0) is 82.7 Å². The number of carbonyl (C=O) groups is 3. The van der Waals surface area contributed by atoms with E-state index in [1.807, 2.05) is 0 Å². The SMILES string of the molecule is CN(CCC1CCC(n2cc(NC(=O)c3cnn4cccnc34)c(C(F)F)n2)CC1)C1CCN(c2cccc3c2n(C)c(=O)n3C2CCC(=O)NC2=O)CC1(F)F. The van der Waals surface area contributed by atoms with Gasteiger partial charge in [0.05, 0.1) is 47.2 Å². The lowest BCUT2D eigenvalue weighted by atomic mass is 9.84. The minimum absolute atomic E-state index is 0.0765. The second-order valence-corrected chi connectivity index (χ2v) is 15.4. The number of benzene rings is 1.